The number of nitrogens with zero attached hydrogens (tertiary/aromatic N) is 1. The summed E-state index contributed by atoms with van der Waals surface area (Å²) in [5, 5.41) is 1.81. The molecule has 0 atom stereocenters. The molecular formula is C23H21NO3. The van der Waals surface area contributed by atoms with Crippen molar-refractivity contribution in [2.45, 2.75) is 25.4 Å². The normalized spacial score (nSPS) is 13.3. The zero-order valence-electron chi connectivity index (χ0n) is 15.0. The van der Waals surface area contributed by atoms with E-state index in [0.717, 1.165) is 35.5 Å². The Hall–Kier alpha value is -3.14. The van der Waals surface area contributed by atoms with Gasteiger partial charge in [0.25, 0.3) is 5.91 Å². The standard InChI is InChI=1S/C23H21NO3/c25-15-21-20-9-5-4-8-18(20)10-13-22(21)27-16-23(26)24(19-11-12-19)14-17-6-2-1-3-7-17/h1-10,13,15,19H,11-12,14,16H2. The Kier molecular flexibility index (Phi) is 4.88. The molecule has 0 aliphatic heterocycles. The molecule has 3 aromatic carbocycles. The topological polar surface area (TPSA) is 46.6 Å². The predicted octanol–water partition coefficient (Wildman–Crippen LogP) is 4.22. The van der Waals surface area contributed by atoms with E-state index < -0.39 is 0 Å². The van der Waals surface area contributed by atoms with E-state index in [0.29, 0.717) is 23.9 Å². The van der Waals surface area contributed by atoms with Crippen molar-refractivity contribution in [2.75, 3.05) is 6.61 Å². The quantitative estimate of drug-likeness (QED) is 0.593. The first kappa shape index (κ1) is 17.3. The van der Waals surface area contributed by atoms with Gasteiger partial charge in [0.1, 0.15) is 5.75 Å². The maximum atomic E-state index is 12.8. The monoisotopic (exact) mass is 359 g/mol. The molecular weight excluding hydrogens is 338 g/mol. The van der Waals surface area contributed by atoms with Gasteiger partial charge in [-0.3, -0.25) is 9.59 Å². The van der Waals surface area contributed by atoms with Crippen molar-refractivity contribution < 1.29 is 14.3 Å². The van der Waals surface area contributed by atoms with Crippen LogP contribution in [0.25, 0.3) is 10.8 Å². The summed E-state index contributed by atoms with van der Waals surface area (Å²) < 4.78 is 5.77. The van der Waals surface area contributed by atoms with Gasteiger partial charge in [-0.15, -0.1) is 0 Å². The Balaban J connectivity index is 1.49. The zero-order chi connectivity index (χ0) is 18.6. The Morgan fingerprint density at radius 2 is 1.74 bits per heavy atom. The summed E-state index contributed by atoms with van der Waals surface area (Å²) in [7, 11) is 0. The fraction of sp³-hybridized carbons (Fsp3) is 0.217. The van der Waals surface area contributed by atoms with Gasteiger partial charge in [-0.1, -0.05) is 60.7 Å². The van der Waals surface area contributed by atoms with Crippen LogP contribution in [-0.2, 0) is 11.3 Å². The van der Waals surface area contributed by atoms with Gasteiger partial charge < -0.3 is 9.64 Å². The van der Waals surface area contributed by atoms with Gasteiger partial charge in [0.05, 0.1) is 5.56 Å². The molecule has 0 spiro atoms. The van der Waals surface area contributed by atoms with Crippen LogP contribution in [-0.4, -0.2) is 29.7 Å². The first-order valence-electron chi connectivity index (χ1n) is 9.19. The summed E-state index contributed by atoms with van der Waals surface area (Å²) in [5.41, 5.74) is 1.60. The second-order valence-electron chi connectivity index (χ2n) is 6.84. The third-order valence-corrected chi connectivity index (χ3v) is 4.90. The molecule has 1 saturated carbocycles. The van der Waals surface area contributed by atoms with Gasteiger partial charge in [0.2, 0.25) is 0 Å². The molecule has 0 bridgehead atoms. The molecule has 3 aromatic rings. The van der Waals surface area contributed by atoms with Crippen molar-refractivity contribution in [1.82, 2.24) is 4.90 Å². The van der Waals surface area contributed by atoms with Gasteiger partial charge in [-0.05, 0) is 35.2 Å². The number of hydrogen-bond acceptors (Lipinski definition) is 3. The highest BCUT2D eigenvalue weighted by Gasteiger charge is 2.32. The molecule has 1 aliphatic rings. The van der Waals surface area contributed by atoms with E-state index in [1.54, 1.807) is 6.07 Å². The number of amides is 1. The summed E-state index contributed by atoms with van der Waals surface area (Å²) in [5.74, 6) is 0.402. The molecule has 1 fully saturated rings. The first-order chi connectivity index (χ1) is 13.3. The van der Waals surface area contributed by atoms with Crippen LogP contribution in [0.4, 0.5) is 0 Å². The number of benzene rings is 3. The Morgan fingerprint density at radius 3 is 2.48 bits per heavy atom. The molecule has 4 nitrogen and oxygen atoms in total. The van der Waals surface area contributed by atoms with Crippen LogP contribution in [0.2, 0.25) is 0 Å². The van der Waals surface area contributed by atoms with Crippen LogP contribution in [0.15, 0.2) is 66.7 Å². The van der Waals surface area contributed by atoms with E-state index >= 15 is 0 Å². The predicted molar refractivity (Wildman–Crippen MR) is 105 cm³/mol. The van der Waals surface area contributed by atoms with Crippen LogP contribution in [0.3, 0.4) is 0 Å². The lowest BCUT2D eigenvalue weighted by molar-refractivity contribution is -0.134. The summed E-state index contributed by atoms with van der Waals surface area (Å²) in [6.45, 7) is 0.522. The maximum absolute atomic E-state index is 12.8. The second kappa shape index (κ2) is 7.62. The highest BCUT2D eigenvalue weighted by molar-refractivity contribution is 6.00. The fourth-order valence-electron chi connectivity index (χ4n) is 3.33. The van der Waals surface area contributed by atoms with Crippen LogP contribution in [0.5, 0.6) is 5.75 Å². The molecule has 1 amide bonds. The molecule has 4 heteroatoms. The minimum absolute atomic E-state index is 0.0497. The Bertz CT molecular complexity index is 964. The molecule has 0 saturated heterocycles. The number of carbonyl (C=O) groups excluding carboxylic acids is 2. The van der Waals surface area contributed by atoms with E-state index in [2.05, 4.69) is 0 Å². The van der Waals surface area contributed by atoms with E-state index in [1.165, 1.54) is 0 Å². The van der Waals surface area contributed by atoms with E-state index in [1.807, 2.05) is 65.6 Å². The van der Waals surface area contributed by atoms with Crippen molar-refractivity contribution in [3.8, 4) is 5.75 Å². The molecule has 136 valence electrons. The van der Waals surface area contributed by atoms with Crippen LogP contribution in [0, 0.1) is 0 Å². The summed E-state index contributed by atoms with van der Waals surface area (Å²) in [4.78, 5) is 26.3. The molecule has 27 heavy (non-hydrogen) atoms. The average molecular weight is 359 g/mol. The zero-order valence-corrected chi connectivity index (χ0v) is 15.0. The number of rotatable bonds is 7. The highest BCUT2D eigenvalue weighted by Crippen LogP contribution is 2.30. The van der Waals surface area contributed by atoms with Crippen LogP contribution >= 0.6 is 0 Å². The lowest BCUT2D eigenvalue weighted by Crippen LogP contribution is -2.36. The lowest BCUT2D eigenvalue weighted by atomic mass is 10.0. The first-order valence-corrected chi connectivity index (χ1v) is 9.19. The molecule has 0 aromatic heterocycles. The summed E-state index contributed by atoms with van der Waals surface area (Å²) in [6.07, 6.45) is 2.87. The van der Waals surface area contributed by atoms with Gasteiger partial charge in [-0.2, -0.15) is 0 Å². The Morgan fingerprint density at radius 1 is 1.00 bits per heavy atom. The number of fused-ring (bicyclic) bond motifs is 1. The maximum Gasteiger partial charge on any atom is 0.261 e. The van der Waals surface area contributed by atoms with Gasteiger partial charge in [0, 0.05) is 12.6 Å². The van der Waals surface area contributed by atoms with Crippen molar-refractivity contribution >= 4 is 23.0 Å². The SMILES string of the molecule is O=Cc1c(OCC(=O)N(Cc2ccccc2)C2CC2)ccc2ccccc12. The minimum Gasteiger partial charge on any atom is -0.483 e. The minimum atomic E-state index is -0.0670. The third-order valence-electron chi connectivity index (χ3n) is 4.90. The number of ether oxygens (including phenoxy) is 1. The average Bonchev–Trinajstić information content (AvgIpc) is 3.55. The molecule has 0 heterocycles. The van der Waals surface area contributed by atoms with Gasteiger partial charge >= 0.3 is 0 Å². The number of carbonyl (C=O) groups is 2. The molecule has 4 rings (SSSR count). The van der Waals surface area contributed by atoms with E-state index in [9.17, 15) is 9.59 Å². The number of aldehydes is 1. The molecule has 1 aliphatic carbocycles. The number of hydrogen-bond donors (Lipinski definition) is 0. The van der Waals surface area contributed by atoms with Crippen LogP contribution < -0.4 is 4.74 Å². The van der Waals surface area contributed by atoms with Crippen molar-refractivity contribution in [2.24, 2.45) is 0 Å². The molecule has 0 unspecified atom stereocenters. The summed E-state index contributed by atoms with van der Waals surface area (Å²) >= 11 is 0. The van der Waals surface area contributed by atoms with Crippen molar-refractivity contribution in [1.29, 1.82) is 0 Å². The molecule has 0 N–H and O–H groups in total. The molecule has 0 radical (unpaired) electrons. The van der Waals surface area contributed by atoms with Crippen molar-refractivity contribution in [3.05, 3.63) is 77.9 Å². The van der Waals surface area contributed by atoms with Gasteiger partial charge in [-0.25, -0.2) is 0 Å². The second-order valence-corrected chi connectivity index (χ2v) is 6.84. The smallest absolute Gasteiger partial charge is 0.261 e. The van der Waals surface area contributed by atoms with E-state index in [-0.39, 0.29) is 12.5 Å². The van der Waals surface area contributed by atoms with E-state index in [4.69, 9.17) is 4.74 Å². The summed E-state index contributed by atoms with van der Waals surface area (Å²) in [6, 6.07) is 21.6. The van der Waals surface area contributed by atoms with Gasteiger partial charge in [0.15, 0.2) is 12.9 Å². The largest absolute Gasteiger partial charge is 0.483 e. The van der Waals surface area contributed by atoms with Crippen molar-refractivity contribution in [3.63, 3.8) is 0 Å². The fourth-order valence-corrected chi connectivity index (χ4v) is 3.33. The third kappa shape index (κ3) is 3.85. The van der Waals surface area contributed by atoms with Crippen LogP contribution in [0.1, 0.15) is 28.8 Å². The lowest BCUT2D eigenvalue weighted by Gasteiger charge is -2.23. The Labute approximate surface area is 158 Å². The highest BCUT2D eigenvalue weighted by atomic mass is 16.5.